The molecule has 0 spiro atoms. The average molecular weight is 472 g/mol. The van der Waals surface area contributed by atoms with Gasteiger partial charge in [-0.3, -0.25) is 4.79 Å². The van der Waals surface area contributed by atoms with Crippen LogP contribution in [-0.4, -0.2) is 31.2 Å². The molecule has 1 unspecified atom stereocenters. The van der Waals surface area contributed by atoms with Crippen LogP contribution < -0.4 is 5.32 Å². The first-order valence-corrected chi connectivity index (χ1v) is 11.2. The molecule has 1 aliphatic heterocycles. The number of nitrogens with one attached hydrogen (secondary N) is 1. The third-order valence-corrected chi connectivity index (χ3v) is 7.31. The van der Waals surface area contributed by atoms with Crippen LogP contribution in [0.2, 0.25) is 5.02 Å². The Bertz CT molecular complexity index is 948. The number of aryl methyl sites for hydroxylation is 1. The number of amides is 1. The van der Waals surface area contributed by atoms with Gasteiger partial charge in [0.25, 0.3) is 0 Å². The molecule has 1 heterocycles. The van der Waals surface area contributed by atoms with Gasteiger partial charge in [-0.05, 0) is 67.8 Å². The minimum absolute atomic E-state index is 0.188. The number of anilines is 1. The number of carbonyl (C=O) groups is 1. The lowest BCUT2D eigenvalue weighted by Gasteiger charge is -2.33. The van der Waals surface area contributed by atoms with E-state index in [0.29, 0.717) is 23.7 Å². The molecule has 3 rings (SSSR count). The number of piperidine rings is 1. The lowest BCUT2D eigenvalue weighted by molar-refractivity contribution is -0.120. The van der Waals surface area contributed by atoms with Crippen molar-refractivity contribution in [1.82, 2.24) is 4.31 Å². The highest BCUT2D eigenvalue weighted by atomic mass is 79.9. The van der Waals surface area contributed by atoms with Gasteiger partial charge in [0.15, 0.2) is 0 Å². The van der Waals surface area contributed by atoms with Crippen LogP contribution in [-0.2, 0) is 14.8 Å². The first kappa shape index (κ1) is 20.3. The molecule has 0 aliphatic carbocycles. The van der Waals surface area contributed by atoms with Crippen molar-refractivity contribution in [3.8, 4) is 0 Å². The third-order valence-electron chi connectivity index (χ3n) is 4.62. The molecule has 8 heteroatoms. The van der Waals surface area contributed by atoms with Crippen molar-refractivity contribution in [3.63, 3.8) is 0 Å². The Morgan fingerprint density at radius 1 is 1.19 bits per heavy atom. The molecule has 27 heavy (non-hydrogen) atoms. The van der Waals surface area contributed by atoms with Gasteiger partial charge in [-0.15, -0.1) is 0 Å². The van der Waals surface area contributed by atoms with Crippen molar-refractivity contribution < 1.29 is 13.2 Å². The Morgan fingerprint density at radius 3 is 2.56 bits per heavy atom. The highest BCUT2D eigenvalue weighted by molar-refractivity contribution is 9.10. The second-order valence-electron chi connectivity index (χ2n) is 6.53. The fraction of sp³-hybridized carbons (Fsp3) is 0.316. The summed E-state index contributed by atoms with van der Waals surface area (Å²) in [5, 5.41) is 3.44. The molecule has 2 aromatic rings. The number of benzene rings is 2. The molecule has 0 radical (unpaired) electrons. The fourth-order valence-electron chi connectivity index (χ4n) is 3.18. The van der Waals surface area contributed by atoms with E-state index in [1.54, 1.807) is 42.5 Å². The largest absolute Gasteiger partial charge is 0.324 e. The number of halogens is 2. The van der Waals surface area contributed by atoms with Crippen LogP contribution in [0.5, 0.6) is 0 Å². The SMILES string of the molecule is Cc1cc(Cl)ccc1NC(=O)C1CCCCN1S(=O)(=O)c1ccc(Br)cc1. The summed E-state index contributed by atoms with van der Waals surface area (Å²) in [4.78, 5) is 13.1. The van der Waals surface area contributed by atoms with Gasteiger partial charge >= 0.3 is 0 Å². The van der Waals surface area contributed by atoms with Crippen LogP contribution in [0.3, 0.4) is 0 Å². The van der Waals surface area contributed by atoms with E-state index in [4.69, 9.17) is 11.6 Å². The predicted octanol–water partition coefficient (Wildman–Crippen LogP) is 4.59. The van der Waals surface area contributed by atoms with Crippen LogP contribution >= 0.6 is 27.5 Å². The summed E-state index contributed by atoms with van der Waals surface area (Å²) in [6.45, 7) is 2.18. The molecule has 0 saturated carbocycles. The first-order chi connectivity index (χ1) is 12.8. The van der Waals surface area contributed by atoms with Crippen molar-refractivity contribution in [3.05, 3.63) is 57.5 Å². The summed E-state index contributed by atoms with van der Waals surface area (Å²) >= 11 is 9.27. The maximum atomic E-state index is 13.1. The number of carbonyl (C=O) groups excluding carboxylic acids is 1. The van der Waals surface area contributed by atoms with Crippen molar-refractivity contribution in [1.29, 1.82) is 0 Å². The molecule has 0 bridgehead atoms. The normalized spacial score (nSPS) is 18.3. The average Bonchev–Trinajstić information content (AvgIpc) is 2.64. The summed E-state index contributed by atoms with van der Waals surface area (Å²) in [5.41, 5.74) is 1.46. The van der Waals surface area contributed by atoms with Crippen LogP contribution in [0.4, 0.5) is 5.69 Å². The van der Waals surface area contributed by atoms with Gasteiger partial charge in [0, 0.05) is 21.7 Å². The van der Waals surface area contributed by atoms with E-state index in [1.165, 1.54) is 4.31 Å². The summed E-state index contributed by atoms with van der Waals surface area (Å²) in [5.74, 6) is -0.319. The molecule has 5 nitrogen and oxygen atoms in total. The van der Waals surface area contributed by atoms with E-state index in [2.05, 4.69) is 21.2 Å². The molecule has 1 fully saturated rings. The smallest absolute Gasteiger partial charge is 0.243 e. The molecule has 2 aromatic carbocycles. The summed E-state index contributed by atoms with van der Waals surface area (Å²) < 4.78 is 28.3. The molecule has 144 valence electrons. The number of nitrogens with zero attached hydrogens (tertiary/aromatic N) is 1. The molecule has 1 N–H and O–H groups in total. The second-order valence-corrected chi connectivity index (χ2v) is 9.77. The Labute approximate surface area is 172 Å². The third kappa shape index (κ3) is 4.54. The zero-order chi connectivity index (χ0) is 19.6. The zero-order valence-electron chi connectivity index (χ0n) is 14.8. The van der Waals surface area contributed by atoms with E-state index in [1.807, 2.05) is 6.92 Å². The van der Waals surface area contributed by atoms with Crippen molar-refractivity contribution >= 4 is 49.1 Å². The summed E-state index contributed by atoms with van der Waals surface area (Å²) in [7, 11) is -3.75. The van der Waals surface area contributed by atoms with Crippen LogP contribution in [0.15, 0.2) is 51.8 Å². The van der Waals surface area contributed by atoms with Gasteiger partial charge in [0.05, 0.1) is 4.90 Å². The summed E-state index contributed by atoms with van der Waals surface area (Å²) in [6, 6.07) is 10.9. The standard InChI is InChI=1S/C19H20BrClN2O3S/c1-13-12-15(21)7-10-17(13)22-19(24)18-4-2-3-11-23(18)27(25,26)16-8-5-14(20)6-9-16/h5-10,12,18H,2-4,11H2,1H3,(H,22,24). The van der Waals surface area contributed by atoms with Gasteiger partial charge in [-0.2, -0.15) is 4.31 Å². The maximum Gasteiger partial charge on any atom is 0.243 e. The highest BCUT2D eigenvalue weighted by Crippen LogP contribution is 2.28. The Morgan fingerprint density at radius 2 is 1.89 bits per heavy atom. The number of hydrogen-bond acceptors (Lipinski definition) is 3. The van der Waals surface area contributed by atoms with Crippen molar-refractivity contribution in [2.24, 2.45) is 0 Å². The summed E-state index contributed by atoms with van der Waals surface area (Å²) in [6.07, 6.45) is 2.04. The first-order valence-electron chi connectivity index (χ1n) is 8.63. The van der Waals surface area contributed by atoms with Gasteiger partial charge in [-0.1, -0.05) is 34.0 Å². The lowest BCUT2D eigenvalue weighted by Crippen LogP contribution is -2.49. The van der Waals surface area contributed by atoms with Crippen LogP contribution in [0.1, 0.15) is 24.8 Å². The second kappa shape index (κ2) is 8.31. The zero-order valence-corrected chi connectivity index (χ0v) is 17.9. The van der Waals surface area contributed by atoms with E-state index < -0.39 is 16.1 Å². The predicted molar refractivity (Wildman–Crippen MR) is 110 cm³/mol. The van der Waals surface area contributed by atoms with Crippen LogP contribution in [0, 0.1) is 6.92 Å². The highest BCUT2D eigenvalue weighted by Gasteiger charge is 2.37. The van der Waals surface area contributed by atoms with E-state index in [0.717, 1.165) is 22.9 Å². The van der Waals surface area contributed by atoms with Gasteiger partial charge in [0.1, 0.15) is 6.04 Å². The van der Waals surface area contributed by atoms with Crippen LogP contribution in [0.25, 0.3) is 0 Å². The van der Waals surface area contributed by atoms with Crippen molar-refractivity contribution in [2.45, 2.75) is 37.1 Å². The Hall–Kier alpha value is -1.41. The fourth-order valence-corrected chi connectivity index (χ4v) is 5.33. The quantitative estimate of drug-likeness (QED) is 0.709. The van der Waals surface area contributed by atoms with E-state index in [9.17, 15) is 13.2 Å². The molecular weight excluding hydrogens is 452 g/mol. The lowest BCUT2D eigenvalue weighted by atomic mass is 10.0. The maximum absolute atomic E-state index is 13.1. The number of hydrogen-bond donors (Lipinski definition) is 1. The van der Waals surface area contributed by atoms with E-state index >= 15 is 0 Å². The Kier molecular flexibility index (Phi) is 6.25. The molecule has 1 saturated heterocycles. The molecular formula is C19H20BrClN2O3S. The number of sulfonamides is 1. The van der Waals surface area contributed by atoms with Gasteiger partial charge in [-0.25, -0.2) is 8.42 Å². The molecule has 1 aliphatic rings. The van der Waals surface area contributed by atoms with Gasteiger partial charge in [0.2, 0.25) is 15.9 Å². The number of rotatable bonds is 4. The van der Waals surface area contributed by atoms with Crippen molar-refractivity contribution in [2.75, 3.05) is 11.9 Å². The van der Waals surface area contributed by atoms with Gasteiger partial charge < -0.3 is 5.32 Å². The molecule has 0 aromatic heterocycles. The molecule has 1 atom stereocenters. The minimum atomic E-state index is -3.75. The molecule has 1 amide bonds. The minimum Gasteiger partial charge on any atom is -0.324 e. The topological polar surface area (TPSA) is 66.5 Å². The monoisotopic (exact) mass is 470 g/mol. The van der Waals surface area contributed by atoms with E-state index in [-0.39, 0.29) is 10.8 Å². The Balaban J connectivity index is 1.86.